The number of likely N-dealkylation sites (tertiary alicyclic amines) is 1. The number of nitrogens with zero attached hydrogens (tertiary/aromatic N) is 2. The first-order chi connectivity index (χ1) is 10.1. The van der Waals surface area contributed by atoms with Gasteiger partial charge in [0.2, 0.25) is 11.8 Å². The van der Waals surface area contributed by atoms with Gasteiger partial charge in [0.1, 0.15) is 6.04 Å². The Kier molecular flexibility index (Phi) is 3.77. The Bertz CT molecular complexity index is 540. The van der Waals surface area contributed by atoms with Crippen LogP contribution in [-0.2, 0) is 4.79 Å². The van der Waals surface area contributed by atoms with Crippen LogP contribution in [0.25, 0.3) is 0 Å². The maximum Gasteiger partial charge on any atom is 0.253 e. The van der Waals surface area contributed by atoms with Crippen molar-refractivity contribution < 1.29 is 14.3 Å². The van der Waals surface area contributed by atoms with Crippen molar-refractivity contribution in [2.24, 2.45) is 5.92 Å². The molecule has 1 aromatic rings. The van der Waals surface area contributed by atoms with Crippen molar-refractivity contribution in [1.29, 1.82) is 0 Å². The van der Waals surface area contributed by atoms with Gasteiger partial charge in [0.15, 0.2) is 0 Å². The second kappa shape index (κ2) is 5.71. The summed E-state index contributed by atoms with van der Waals surface area (Å²) in [5.41, 5.74) is 0.441. The lowest BCUT2D eigenvalue weighted by Crippen LogP contribution is -2.40. The zero-order valence-corrected chi connectivity index (χ0v) is 12.0. The van der Waals surface area contributed by atoms with E-state index in [4.69, 9.17) is 4.74 Å². The molecule has 0 aromatic carbocycles. The molecule has 2 fully saturated rings. The van der Waals surface area contributed by atoms with E-state index in [2.05, 4.69) is 10.3 Å². The maximum absolute atomic E-state index is 12.1. The molecule has 21 heavy (non-hydrogen) atoms. The van der Waals surface area contributed by atoms with E-state index in [1.54, 1.807) is 24.1 Å². The van der Waals surface area contributed by atoms with Crippen LogP contribution in [0.15, 0.2) is 18.3 Å². The van der Waals surface area contributed by atoms with E-state index in [-0.39, 0.29) is 11.8 Å². The molecule has 0 spiro atoms. The second-order valence-corrected chi connectivity index (χ2v) is 5.71. The highest BCUT2D eigenvalue weighted by Gasteiger charge is 2.30. The number of nitrogens with one attached hydrogen (secondary N) is 1. The minimum absolute atomic E-state index is 0.0410. The molecule has 2 aliphatic rings. The topological polar surface area (TPSA) is 71.5 Å². The van der Waals surface area contributed by atoms with Crippen molar-refractivity contribution >= 4 is 11.8 Å². The summed E-state index contributed by atoms with van der Waals surface area (Å²) in [6, 6.07) is 2.95. The second-order valence-electron chi connectivity index (χ2n) is 5.71. The van der Waals surface area contributed by atoms with Crippen molar-refractivity contribution in [2.45, 2.75) is 25.3 Å². The number of pyridine rings is 1. The molecule has 1 saturated carbocycles. The van der Waals surface area contributed by atoms with Crippen LogP contribution in [0.1, 0.15) is 29.6 Å². The SMILES string of the molecule is CN1CCC(NC(=O)c2ccc(OCC3CC3)nc2)C1=O. The van der Waals surface area contributed by atoms with Crippen molar-refractivity contribution in [3.05, 3.63) is 23.9 Å². The van der Waals surface area contributed by atoms with Gasteiger partial charge in [0, 0.05) is 25.9 Å². The predicted octanol–water partition coefficient (Wildman–Crippen LogP) is 0.831. The van der Waals surface area contributed by atoms with E-state index in [0.29, 0.717) is 36.9 Å². The minimum Gasteiger partial charge on any atom is -0.477 e. The van der Waals surface area contributed by atoms with Gasteiger partial charge in [-0.05, 0) is 31.2 Å². The lowest BCUT2D eigenvalue weighted by atomic mass is 10.2. The number of rotatable bonds is 5. The van der Waals surface area contributed by atoms with E-state index in [1.165, 1.54) is 19.0 Å². The zero-order chi connectivity index (χ0) is 14.8. The summed E-state index contributed by atoms with van der Waals surface area (Å²) in [7, 11) is 1.74. The number of likely N-dealkylation sites (N-methyl/N-ethyl adjacent to an activating group) is 1. The van der Waals surface area contributed by atoms with Gasteiger partial charge >= 0.3 is 0 Å². The van der Waals surface area contributed by atoms with Crippen LogP contribution in [0.3, 0.4) is 0 Å². The molecule has 1 unspecified atom stereocenters. The maximum atomic E-state index is 12.1. The van der Waals surface area contributed by atoms with Crippen LogP contribution in [0.2, 0.25) is 0 Å². The van der Waals surface area contributed by atoms with Crippen LogP contribution in [0.4, 0.5) is 0 Å². The molecule has 1 aliphatic carbocycles. The molecule has 1 N–H and O–H groups in total. The molecule has 6 heteroatoms. The summed E-state index contributed by atoms with van der Waals surface area (Å²) >= 11 is 0. The number of ether oxygens (including phenoxy) is 1. The Morgan fingerprint density at radius 3 is 2.81 bits per heavy atom. The van der Waals surface area contributed by atoms with Gasteiger partial charge in [-0.2, -0.15) is 0 Å². The van der Waals surface area contributed by atoms with Gasteiger partial charge < -0.3 is 15.0 Å². The van der Waals surface area contributed by atoms with Crippen LogP contribution in [0, 0.1) is 5.92 Å². The fraction of sp³-hybridized carbons (Fsp3) is 0.533. The average Bonchev–Trinajstić information content (AvgIpc) is 3.28. The molecular weight excluding hydrogens is 270 g/mol. The smallest absolute Gasteiger partial charge is 0.253 e. The van der Waals surface area contributed by atoms with E-state index in [0.717, 1.165) is 0 Å². The summed E-state index contributed by atoms with van der Waals surface area (Å²) in [6.45, 7) is 1.37. The largest absolute Gasteiger partial charge is 0.477 e. The fourth-order valence-electron chi connectivity index (χ4n) is 2.29. The minimum atomic E-state index is -0.423. The number of carbonyl (C=O) groups is 2. The summed E-state index contributed by atoms with van der Waals surface area (Å²) in [4.78, 5) is 29.6. The quantitative estimate of drug-likeness (QED) is 0.871. The Labute approximate surface area is 123 Å². The molecule has 0 bridgehead atoms. The Morgan fingerprint density at radius 1 is 1.43 bits per heavy atom. The van der Waals surface area contributed by atoms with Gasteiger partial charge in [-0.15, -0.1) is 0 Å². The predicted molar refractivity (Wildman–Crippen MR) is 76.0 cm³/mol. The molecule has 3 rings (SSSR count). The number of aromatic nitrogens is 1. The summed E-state index contributed by atoms with van der Waals surface area (Å²) < 4.78 is 5.53. The first kappa shape index (κ1) is 13.9. The average molecular weight is 289 g/mol. The van der Waals surface area contributed by atoms with Gasteiger partial charge in [-0.1, -0.05) is 0 Å². The lowest BCUT2D eigenvalue weighted by Gasteiger charge is -2.12. The highest BCUT2D eigenvalue weighted by Crippen LogP contribution is 2.29. The van der Waals surface area contributed by atoms with Gasteiger partial charge in [-0.3, -0.25) is 9.59 Å². The molecule has 6 nitrogen and oxygen atoms in total. The highest BCUT2D eigenvalue weighted by atomic mass is 16.5. The lowest BCUT2D eigenvalue weighted by molar-refractivity contribution is -0.128. The molecule has 2 amide bonds. The van der Waals surface area contributed by atoms with Crippen molar-refractivity contribution in [3.8, 4) is 5.88 Å². The van der Waals surface area contributed by atoms with Crippen molar-refractivity contribution in [3.63, 3.8) is 0 Å². The molecule has 0 radical (unpaired) electrons. The molecule has 1 saturated heterocycles. The Morgan fingerprint density at radius 2 is 2.24 bits per heavy atom. The number of amides is 2. The van der Waals surface area contributed by atoms with E-state index in [1.807, 2.05) is 0 Å². The third-order valence-corrected chi connectivity index (χ3v) is 3.90. The zero-order valence-electron chi connectivity index (χ0n) is 12.0. The molecular formula is C15H19N3O3. The van der Waals surface area contributed by atoms with E-state index < -0.39 is 6.04 Å². The first-order valence-corrected chi connectivity index (χ1v) is 7.28. The molecule has 1 aromatic heterocycles. The summed E-state index contributed by atoms with van der Waals surface area (Å²) in [5.74, 6) is 0.890. The highest BCUT2D eigenvalue weighted by molar-refractivity contribution is 5.97. The van der Waals surface area contributed by atoms with E-state index in [9.17, 15) is 9.59 Å². The molecule has 2 heterocycles. The van der Waals surface area contributed by atoms with Gasteiger partial charge in [0.25, 0.3) is 5.91 Å². The summed E-state index contributed by atoms with van der Waals surface area (Å²) in [5, 5.41) is 2.74. The number of hydrogen-bond acceptors (Lipinski definition) is 4. The first-order valence-electron chi connectivity index (χ1n) is 7.28. The summed E-state index contributed by atoms with van der Waals surface area (Å²) in [6.07, 6.45) is 4.59. The molecule has 1 aliphatic heterocycles. The normalized spacial score (nSPS) is 21.5. The number of carbonyl (C=O) groups excluding carboxylic acids is 2. The monoisotopic (exact) mass is 289 g/mol. The molecule has 112 valence electrons. The van der Waals surface area contributed by atoms with Crippen LogP contribution in [0.5, 0.6) is 5.88 Å². The number of hydrogen-bond donors (Lipinski definition) is 1. The molecule has 1 atom stereocenters. The third-order valence-electron chi connectivity index (χ3n) is 3.90. The van der Waals surface area contributed by atoms with Crippen molar-refractivity contribution in [1.82, 2.24) is 15.2 Å². The Hall–Kier alpha value is -2.11. The third kappa shape index (κ3) is 3.32. The van der Waals surface area contributed by atoms with Gasteiger partial charge in [0.05, 0.1) is 12.2 Å². The van der Waals surface area contributed by atoms with Crippen LogP contribution in [-0.4, -0.2) is 47.9 Å². The Balaban J connectivity index is 1.55. The standard InChI is InChI=1S/C15H19N3O3/c1-18-7-6-12(15(18)20)17-14(19)11-4-5-13(16-8-11)21-9-10-2-3-10/h4-5,8,10,12H,2-3,6-7,9H2,1H3,(H,17,19). The van der Waals surface area contributed by atoms with Gasteiger partial charge in [-0.25, -0.2) is 4.98 Å². The fourth-order valence-corrected chi connectivity index (χ4v) is 2.29. The van der Waals surface area contributed by atoms with Crippen LogP contribution < -0.4 is 10.1 Å². The van der Waals surface area contributed by atoms with Crippen LogP contribution >= 0.6 is 0 Å². The van der Waals surface area contributed by atoms with E-state index >= 15 is 0 Å². The van der Waals surface area contributed by atoms with Crippen molar-refractivity contribution in [2.75, 3.05) is 20.2 Å².